The van der Waals surface area contributed by atoms with Gasteiger partial charge in [-0.25, -0.2) is 10.2 Å². The fourth-order valence-corrected chi connectivity index (χ4v) is 5.61. The lowest BCUT2D eigenvalue weighted by Crippen LogP contribution is -2.45. The first-order valence-corrected chi connectivity index (χ1v) is 15.3. The smallest absolute Gasteiger partial charge is 0.338 e. The number of thiocarbonyl (C=S) groups is 1. The summed E-state index contributed by atoms with van der Waals surface area (Å²) in [5.41, 5.74) is 5.65. The molecule has 0 spiro atoms. The van der Waals surface area contributed by atoms with Gasteiger partial charge in [-0.15, -0.1) is 0 Å². The summed E-state index contributed by atoms with van der Waals surface area (Å²) in [6, 6.07) is 17.5. The number of nitrogens with one attached hydrogen (secondary N) is 3. The molecule has 1 aliphatic heterocycles. The van der Waals surface area contributed by atoms with Crippen LogP contribution in [-0.4, -0.2) is 43.5 Å². The molecule has 3 aromatic rings. The summed E-state index contributed by atoms with van der Waals surface area (Å²) in [6.45, 7) is 3.71. The second kappa shape index (κ2) is 15.7. The molecule has 4 rings (SSSR count). The Bertz CT molecular complexity index is 1620. The minimum absolute atomic E-state index is 0.222. The molecule has 0 aromatic heterocycles. The standard InChI is InChI=1S/C31H30ClIN4O6S/c1-4-41-30(39)27-18(2)35-31(44)36-28(27)22-10-5-6-11-24(22)42-17-26(38)37-34-15-20-13-23(33)29(25(14-20)40-3)43-16-19-8-7-9-21(32)12-19/h5-15,28H,4,16-17H2,1-3H3,(H,37,38)(H2,35,36,44)/t28-/m1/s1. The summed E-state index contributed by atoms with van der Waals surface area (Å²) in [5.74, 6) is 0.540. The van der Waals surface area contributed by atoms with Crippen molar-refractivity contribution >= 4 is 69.6 Å². The first-order chi connectivity index (χ1) is 21.2. The topological polar surface area (TPSA) is 120 Å². The summed E-state index contributed by atoms with van der Waals surface area (Å²) in [7, 11) is 1.55. The number of halogens is 2. The lowest BCUT2D eigenvalue weighted by Gasteiger charge is -2.30. The minimum Gasteiger partial charge on any atom is -0.493 e. The van der Waals surface area contributed by atoms with E-state index in [2.05, 4.69) is 43.8 Å². The number of methoxy groups -OCH3 is 1. The number of carbonyl (C=O) groups is 2. The van der Waals surface area contributed by atoms with Gasteiger partial charge in [-0.3, -0.25) is 4.79 Å². The van der Waals surface area contributed by atoms with Gasteiger partial charge in [0, 0.05) is 16.3 Å². The van der Waals surface area contributed by atoms with Crippen LogP contribution in [0.1, 0.15) is 36.6 Å². The van der Waals surface area contributed by atoms with E-state index in [0.29, 0.717) is 56.4 Å². The second-order valence-corrected chi connectivity index (χ2v) is 11.4. The van der Waals surface area contributed by atoms with Gasteiger partial charge in [-0.2, -0.15) is 5.10 Å². The van der Waals surface area contributed by atoms with E-state index in [1.165, 1.54) is 6.21 Å². The van der Waals surface area contributed by atoms with Crippen LogP contribution in [0.25, 0.3) is 0 Å². The Labute approximate surface area is 279 Å². The molecule has 1 amide bonds. The maximum Gasteiger partial charge on any atom is 0.338 e. The normalized spacial score (nSPS) is 14.5. The van der Waals surface area contributed by atoms with Crippen LogP contribution < -0.4 is 30.3 Å². The van der Waals surface area contributed by atoms with E-state index >= 15 is 0 Å². The van der Waals surface area contributed by atoms with Crippen LogP contribution in [-0.2, 0) is 20.9 Å². The Morgan fingerprint density at radius 3 is 2.66 bits per heavy atom. The molecule has 3 N–H and O–H groups in total. The van der Waals surface area contributed by atoms with Crippen LogP contribution in [0.2, 0.25) is 5.02 Å². The highest BCUT2D eigenvalue weighted by molar-refractivity contribution is 14.1. The first kappa shape index (κ1) is 33.0. The molecule has 0 aliphatic carbocycles. The van der Waals surface area contributed by atoms with Crippen molar-refractivity contribution in [3.8, 4) is 17.2 Å². The predicted octanol–water partition coefficient (Wildman–Crippen LogP) is 5.42. The molecular formula is C31H30ClIN4O6S. The fourth-order valence-electron chi connectivity index (χ4n) is 4.35. The van der Waals surface area contributed by atoms with Crippen molar-refractivity contribution in [2.24, 2.45) is 5.10 Å². The molecule has 1 heterocycles. The van der Waals surface area contributed by atoms with Gasteiger partial charge in [0.1, 0.15) is 12.4 Å². The number of nitrogens with zero attached hydrogens (tertiary/aromatic N) is 1. The van der Waals surface area contributed by atoms with Crippen molar-refractivity contribution < 1.29 is 28.5 Å². The number of carbonyl (C=O) groups excluding carboxylic acids is 2. The van der Waals surface area contributed by atoms with Gasteiger partial charge in [-0.05, 0) is 90.1 Å². The number of hydrogen-bond donors (Lipinski definition) is 3. The molecule has 1 aliphatic rings. The lowest BCUT2D eigenvalue weighted by atomic mass is 9.95. The summed E-state index contributed by atoms with van der Waals surface area (Å²) < 4.78 is 23.4. The van der Waals surface area contributed by atoms with E-state index in [9.17, 15) is 9.59 Å². The zero-order valence-corrected chi connectivity index (χ0v) is 27.8. The van der Waals surface area contributed by atoms with E-state index in [1.807, 2.05) is 24.3 Å². The lowest BCUT2D eigenvalue weighted by molar-refractivity contribution is -0.139. The molecule has 10 nitrogen and oxygen atoms in total. The van der Waals surface area contributed by atoms with Crippen LogP contribution in [0, 0.1) is 3.57 Å². The molecule has 230 valence electrons. The SMILES string of the molecule is CCOC(=O)C1=C(C)NC(=S)N[C@@H]1c1ccccc1OCC(=O)NN=Cc1cc(I)c(OCc2cccc(Cl)c2)c(OC)c1. The highest BCUT2D eigenvalue weighted by Crippen LogP contribution is 2.35. The van der Waals surface area contributed by atoms with E-state index < -0.39 is 17.9 Å². The predicted molar refractivity (Wildman–Crippen MR) is 180 cm³/mol. The summed E-state index contributed by atoms with van der Waals surface area (Å²) in [4.78, 5) is 25.4. The third-order valence-corrected chi connectivity index (χ3v) is 7.54. The number of ether oxygens (including phenoxy) is 4. The molecule has 3 aromatic carbocycles. The molecule has 44 heavy (non-hydrogen) atoms. The van der Waals surface area contributed by atoms with E-state index in [0.717, 1.165) is 9.13 Å². The number of allylic oxidation sites excluding steroid dienone is 1. The number of hydrogen-bond acceptors (Lipinski definition) is 8. The van der Waals surface area contributed by atoms with Crippen molar-refractivity contribution in [1.82, 2.24) is 16.1 Å². The Kier molecular flexibility index (Phi) is 11.8. The zero-order valence-electron chi connectivity index (χ0n) is 24.1. The van der Waals surface area contributed by atoms with Crippen molar-refractivity contribution in [3.63, 3.8) is 0 Å². The molecule has 0 fully saturated rings. The Hall–Kier alpha value is -3.88. The van der Waals surface area contributed by atoms with Crippen molar-refractivity contribution in [1.29, 1.82) is 0 Å². The van der Waals surface area contributed by atoms with Gasteiger partial charge < -0.3 is 29.6 Å². The Balaban J connectivity index is 1.40. The quantitative estimate of drug-likeness (QED) is 0.0734. The first-order valence-electron chi connectivity index (χ1n) is 13.4. The van der Waals surface area contributed by atoms with E-state index in [1.54, 1.807) is 57.4 Å². The minimum atomic E-state index is -0.630. The summed E-state index contributed by atoms with van der Waals surface area (Å²) >= 11 is 13.5. The second-order valence-electron chi connectivity index (χ2n) is 9.36. The zero-order chi connectivity index (χ0) is 31.6. The number of rotatable bonds is 12. The molecule has 0 saturated carbocycles. The molecular weight excluding hydrogens is 719 g/mol. The maximum absolute atomic E-state index is 12.8. The monoisotopic (exact) mass is 748 g/mol. The van der Waals surface area contributed by atoms with Gasteiger partial charge in [0.25, 0.3) is 5.91 Å². The van der Waals surface area contributed by atoms with Crippen molar-refractivity contribution in [3.05, 3.63) is 97.2 Å². The van der Waals surface area contributed by atoms with Gasteiger partial charge in [0.15, 0.2) is 23.2 Å². The van der Waals surface area contributed by atoms with Crippen LogP contribution in [0.3, 0.4) is 0 Å². The molecule has 0 radical (unpaired) electrons. The molecule has 0 unspecified atom stereocenters. The van der Waals surface area contributed by atoms with Crippen LogP contribution in [0.15, 0.2) is 77.0 Å². The average molecular weight is 749 g/mol. The number of para-hydroxylation sites is 1. The highest BCUT2D eigenvalue weighted by atomic mass is 127. The number of amides is 1. The van der Waals surface area contributed by atoms with E-state index in [-0.39, 0.29) is 13.2 Å². The average Bonchev–Trinajstić information content (AvgIpc) is 2.99. The fraction of sp³-hybridized carbons (Fsp3) is 0.226. The van der Waals surface area contributed by atoms with Crippen molar-refractivity contribution in [2.45, 2.75) is 26.5 Å². The Morgan fingerprint density at radius 2 is 1.91 bits per heavy atom. The Morgan fingerprint density at radius 1 is 1.11 bits per heavy atom. The van der Waals surface area contributed by atoms with Gasteiger partial charge in [0.05, 0.1) is 35.1 Å². The molecule has 1 atom stereocenters. The van der Waals surface area contributed by atoms with Crippen LogP contribution >= 0.6 is 46.4 Å². The maximum atomic E-state index is 12.8. The largest absolute Gasteiger partial charge is 0.493 e. The third-order valence-electron chi connectivity index (χ3n) is 6.28. The summed E-state index contributed by atoms with van der Waals surface area (Å²) in [5, 5.41) is 11.1. The van der Waals surface area contributed by atoms with Crippen LogP contribution in [0.5, 0.6) is 17.2 Å². The molecule has 0 bridgehead atoms. The van der Waals surface area contributed by atoms with Gasteiger partial charge in [-0.1, -0.05) is 41.9 Å². The number of esters is 1. The molecule has 0 saturated heterocycles. The van der Waals surface area contributed by atoms with E-state index in [4.69, 9.17) is 42.8 Å². The highest BCUT2D eigenvalue weighted by Gasteiger charge is 2.32. The van der Waals surface area contributed by atoms with Crippen LogP contribution in [0.4, 0.5) is 0 Å². The van der Waals surface area contributed by atoms with Gasteiger partial charge >= 0.3 is 5.97 Å². The number of benzene rings is 3. The summed E-state index contributed by atoms with van der Waals surface area (Å²) in [6.07, 6.45) is 1.50. The third kappa shape index (κ3) is 8.61. The van der Waals surface area contributed by atoms with Crippen molar-refractivity contribution in [2.75, 3.05) is 20.3 Å². The van der Waals surface area contributed by atoms with Gasteiger partial charge in [0.2, 0.25) is 0 Å². The molecule has 13 heteroatoms. The number of hydrazone groups is 1.